The first-order valence-corrected chi connectivity index (χ1v) is 10.3. The van der Waals surface area contributed by atoms with Crippen LogP contribution in [-0.4, -0.2) is 9.97 Å². The molecule has 0 N–H and O–H groups in total. The van der Waals surface area contributed by atoms with Crippen molar-refractivity contribution < 1.29 is 0 Å². The van der Waals surface area contributed by atoms with Gasteiger partial charge in [0.1, 0.15) is 0 Å². The van der Waals surface area contributed by atoms with Gasteiger partial charge in [-0.05, 0) is 58.1 Å². The van der Waals surface area contributed by atoms with Gasteiger partial charge in [-0.3, -0.25) is 9.97 Å². The van der Waals surface area contributed by atoms with Crippen molar-refractivity contribution in [2.75, 3.05) is 0 Å². The first-order chi connectivity index (χ1) is 14.8. The van der Waals surface area contributed by atoms with E-state index in [4.69, 9.17) is 16.6 Å². The molecular formula is C27H17ClN2. The normalized spacial score (nSPS) is 17.0. The van der Waals surface area contributed by atoms with Crippen molar-refractivity contribution in [3.63, 3.8) is 0 Å². The third-order valence-corrected chi connectivity index (χ3v) is 6.32. The van der Waals surface area contributed by atoms with Crippen LogP contribution >= 0.6 is 11.6 Å². The molecular weight excluding hydrogens is 388 g/mol. The summed E-state index contributed by atoms with van der Waals surface area (Å²) < 4.78 is 0. The van der Waals surface area contributed by atoms with Gasteiger partial charge in [-0.25, -0.2) is 0 Å². The lowest BCUT2D eigenvalue weighted by Gasteiger charge is -2.32. The highest BCUT2D eigenvalue weighted by molar-refractivity contribution is 6.31. The Morgan fingerprint density at radius 3 is 2.40 bits per heavy atom. The Labute approximate surface area is 179 Å². The predicted molar refractivity (Wildman–Crippen MR) is 122 cm³/mol. The topological polar surface area (TPSA) is 25.8 Å². The van der Waals surface area contributed by atoms with Crippen LogP contribution < -0.4 is 0 Å². The highest BCUT2D eigenvalue weighted by Gasteiger charge is 2.47. The number of aromatic nitrogens is 2. The summed E-state index contributed by atoms with van der Waals surface area (Å²) in [6.07, 6.45) is 3.65. The number of hydrogen-bond donors (Lipinski definition) is 0. The Morgan fingerprint density at radius 2 is 1.50 bits per heavy atom. The van der Waals surface area contributed by atoms with Crippen molar-refractivity contribution in [3.8, 4) is 11.1 Å². The smallest absolute Gasteiger partial charge is 0.0886 e. The van der Waals surface area contributed by atoms with Gasteiger partial charge >= 0.3 is 0 Å². The van der Waals surface area contributed by atoms with Crippen LogP contribution in [0.4, 0.5) is 0 Å². The number of nitrogens with zero attached hydrogens (tertiary/aromatic N) is 2. The zero-order chi connectivity index (χ0) is 20.1. The fraction of sp³-hybridized carbons (Fsp3) is 0.0370. The summed E-state index contributed by atoms with van der Waals surface area (Å²) in [5.41, 5.74) is 7.44. The zero-order valence-corrected chi connectivity index (χ0v) is 16.8. The zero-order valence-electron chi connectivity index (χ0n) is 16.1. The van der Waals surface area contributed by atoms with E-state index in [0.717, 1.165) is 21.6 Å². The molecule has 0 fully saturated rings. The molecule has 5 aromatic rings. The minimum Gasteiger partial charge on any atom is -0.264 e. The van der Waals surface area contributed by atoms with Gasteiger partial charge in [0.05, 0.1) is 16.6 Å². The molecule has 0 amide bonds. The van der Waals surface area contributed by atoms with E-state index in [-0.39, 0.29) is 0 Å². The van der Waals surface area contributed by atoms with Crippen LogP contribution in [0.15, 0.2) is 103 Å². The van der Waals surface area contributed by atoms with Crippen molar-refractivity contribution >= 4 is 22.5 Å². The molecule has 0 radical (unpaired) electrons. The van der Waals surface area contributed by atoms with E-state index in [1.807, 2.05) is 18.3 Å². The van der Waals surface area contributed by atoms with Crippen LogP contribution in [0.2, 0.25) is 5.02 Å². The van der Waals surface area contributed by atoms with Crippen LogP contribution in [0, 0.1) is 0 Å². The van der Waals surface area contributed by atoms with Gasteiger partial charge in [0.2, 0.25) is 0 Å². The van der Waals surface area contributed by atoms with Gasteiger partial charge in [0.15, 0.2) is 0 Å². The summed E-state index contributed by atoms with van der Waals surface area (Å²) in [4.78, 5) is 9.40. The summed E-state index contributed by atoms with van der Waals surface area (Å²) in [7, 11) is 0. The van der Waals surface area contributed by atoms with Gasteiger partial charge < -0.3 is 0 Å². The van der Waals surface area contributed by atoms with Crippen LogP contribution in [0.1, 0.15) is 22.4 Å². The van der Waals surface area contributed by atoms with Crippen molar-refractivity contribution in [2.24, 2.45) is 0 Å². The molecule has 6 rings (SSSR count). The largest absolute Gasteiger partial charge is 0.264 e. The maximum atomic E-state index is 6.43. The van der Waals surface area contributed by atoms with Crippen LogP contribution in [0.3, 0.4) is 0 Å². The molecule has 2 aromatic heterocycles. The number of hydrogen-bond acceptors (Lipinski definition) is 2. The van der Waals surface area contributed by atoms with E-state index in [1.165, 1.54) is 27.8 Å². The average molecular weight is 405 g/mol. The van der Waals surface area contributed by atoms with Crippen molar-refractivity contribution in [3.05, 3.63) is 131 Å². The number of halogens is 1. The maximum Gasteiger partial charge on any atom is 0.0886 e. The number of benzene rings is 3. The predicted octanol–water partition coefficient (Wildman–Crippen LogP) is 6.65. The third-order valence-electron chi connectivity index (χ3n) is 6.09. The number of pyridine rings is 2. The molecule has 0 aliphatic heterocycles. The second kappa shape index (κ2) is 6.51. The highest BCUT2D eigenvalue weighted by atomic mass is 35.5. The number of fused-ring (bicyclic) bond motifs is 4. The molecule has 3 heteroatoms. The molecule has 2 nitrogen and oxygen atoms in total. The molecule has 0 bridgehead atoms. The molecule has 1 aliphatic carbocycles. The van der Waals surface area contributed by atoms with E-state index < -0.39 is 5.41 Å². The van der Waals surface area contributed by atoms with E-state index in [1.54, 1.807) is 6.20 Å². The first-order valence-electron chi connectivity index (χ1n) is 9.95. The molecule has 0 saturated heterocycles. The lowest BCUT2D eigenvalue weighted by Crippen LogP contribution is -2.29. The first kappa shape index (κ1) is 17.4. The Balaban J connectivity index is 1.79. The van der Waals surface area contributed by atoms with Crippen molar-refractivity contribution in [1.29, 1.82) is 0 Å². The van der Waals surface area contributed by atoms with Crippen LogP contribution in [0.5, 0.6) is 0 Å². The molecule has 0 saturated carbocycles. The van der Waals surface area contributed by atoms with Crippen LogP contribution in [0.25, 0.3) is 22.0 Å². The maximum absolute atomic E-state index is 6.43. The monoisotopic (exact) mass is 404 g/mol. The summed E-state index contributed by atoms with van der Waals surface area (Å²) in [6.45, 7) is 0. The van der Waals surface area contributed by atoms with E-state index >= 15 is 0 Å². The van der Waals surface area contributed by atoms with Gasteiger partial charge in [0, 0.05) is 22.8 Å². The quantitative estimate of drug-likeness (QED) is 0.323. The molecule has 1 aliphatic rings. The van der Waals surface area contributed by atoms with Crippen molar-refractivity contribution in [1.82, 2.24) is 9.97 Å². The van der Waals surface area contributed by atoms with Crippen molar-refractivity contribution in [2.45, 2.75) is 5.41 Å². The Hall–Kier alpha value is -3.49. The molecule has 30 heavy (non-hydrogen) atoms. The molecule has 2 heterocycles. The molecule has 0 spiro atoms. The summed E-state index contributed by atoms with van der Waals surface area (Å²) in [6, 6.07) is 31.7. The standard InChI is InChI=1S/C27H17ClN2/c28-20-11-12-24-22(16-20)21-8-4-5-9-23(21)27(24,19-6-2-1-3-7-19)26-13-10-18-17-29-15-14-25(18)30-26/h1-17H. The lowest BCUT2D eigenvalue weighted by atomic mass is 9.70. The lowest BCUT2D eigenvalue weighted by molar-refractivity contribution is 0.739. The van der Waals surface area contributed by atoms with E-state index in [9.17, 15) is 0 Å². The fourth-order valence-corrected chi connectivity index (χ4v) is 5.03. The van der Waals surface area contributed by atoms with Gasteiger partial charge in [-0.15, -0.1) is 0 Å². The van der Waals surface area contributed by atoms with E-state index in [2.05, 4.69) is 83.8 Å². The van der Waals surface area contributed by atoms with Gasteiger partial charge in [-0.1, -0.05) is 72.3 Å². The molecule has 1 atom stereocenters. The highest BCUT2D eigenvalue weighted by Crippen LogP contribution is 2.56. The minimum atomic E-state index is -0.505. The Kier molecular flexibility index (Phi) is 3.77. The third kappa shape index (κ3) is 2.31. The van der Waals surface area contributed by atoms with Gasteiger partial charge in [0.25, 0.3) is 0 Å². The average Bonchev–Trinajstić information content (AvgIpc) is 3.10. The Bertz CT molecular complexity index is 1410. The van der Waals surface area contributed by atoms with Crippen LogP contribution in [-0.2, 0) is 5.41 Å². The summed E-state index contributed by atoms with van der Waals surface area (Å²) >= 11 is 6.43. The summed E-state index contributed by atoms with van der Waals surface area (Å²) in [5, 5.41) is 1.78. The fourth-order valence-electron chi connectivity index (χ4n) is 4.85. The molecule has 1 unspecified atom stereocenters. The molecule has 142 valence electrons. The second-order valence-corrected chi connectivity index (χ2v) is 8.05. The van der Waals surface area contributed by atoms with E-state index in [0.29, 0.717) is 0 Å². The summed E-state index contributed by atoms with van der Waals surface area (Å²) in [5.74, 6) is 0. The second-order valence-electron chi connectivity index (χ2n) is 7.62. The minimum absolute atomic E-state index is 0.505. The Morgan fingerprint density at radius 1 is 0.700 bits per heavy atom. The molecule has 3 aromatic carbocycles. The van der Waals surface area contributed by atoms with Gasteiger partial charge in [-0.2, -0.15) is 0 Å². The number of rotatable bonds is 2. The SMILES string of the molecule is Clc1ccc2c(c1)-c1ccccc1C2(c1ccccc1)c1ccc2cnccc2n1.